The van der Waals surface area contributed by atoms with Gasteiger partial charge in [0.15, 0.2) is 11.6 Å². The molecule has 0 atom stereocenters. The molecule has 1 fully saturated rings. The number of aromatic nitrogens is 3. The third kappa shape index (κ3) is 3.62. The van der Waals surface area contributed by atoms with Gasteiger partial charge in [-0.1, -0.05) is 18.2 Å². The average Bonchev–Trinajstić information content (AvgIpc) is 3.16. The number of hydrogen-bond acceptors (Lipinski definition) is 5. The Hall–Kier alpha value is -3.73. The van der Waals surface area contributed by atoms with E-state index < -0.39 is 0 Å². The summed E-state index contributed by atoms with van der Waals surface area (Å²) in [5.74, 6) is 0.486. The number of carbonyl (C=O) groups is 2. The van der Waals surface area contributed by atoms with E-state index in [4.69, 9.17) is 0 Å². The molecule has 3 aromatic rings. The Kier molecular flexibility index (Phi) is 5.19. The van der Waals surface area contributed by atoms with Crippen LogP contribution >= 0.6 is 0 Å². The number of rotatable bonds is 3. The number of piperidine rings is 1. The van der Waals surface area contributed by atoms with Crippen LogP contribution in [0.1, 0.15) is 30.9 Å². The Bertz CT molecular complexity index is 1170. The molecule has 1 aromatic carbocycles. The summed E-state index contributed by atoms with van der Waals surface area (Å²) in [4.78, 5) is 30.8. The molecule has 8 nitrogen and oxygen atoms in total. The molecule has 3 heterocycles. The predicted molar refractivity (Wildman–Crippen MR) is 112 cm³/mol. The minimum absolute atomic E-state index is 0.0245. The molecular formula is C22H22N6O2. The summed E-state index contributed by atoms with van der Waals surface area (Å²) < 4.78 is 1.50. The number of nitrogens with one attached hydrogen (secondary N) is 1. The number of para-hydroxylation sites is 1. The van der Waals surface area contributed by atoms with Gasteiger partial charge in [0, 0.05) is 31.3 Å². The molecule has 30 heavy (non-hydrogen) atoms. The van der Waals surface area contributed by atoms with Crippen molar-refractivity contribution >= 4 is 28.5 Å². The smallest absolute Gasteiger partial charge is 0.228 e. The minimum atomic E-state index is -0.221. The molecule has 0 unspecified atom stereocenters. The van der Waals surface area contributed by atoms with Crippen LogP contribution in [-0.4, -0.2) is 44.6 Å². The van der Waals surface area contributed by atoms with Crippen LogP contribution in [0, 0.1) is 24.2 Å². The summed E-state index contributed by atoms with van der Waals surface area (Å²) in [5.41, 5.74) is 2.12. The summed E-state index contributed by atoms with van der Waals surface area (Å²) in [6, 6.07) is 11.8. The number of amides is 2. The van der Waals surface area contributed by atoms with Crippen molar-refractivity contribution in [3.63, 3.8) is 0 Å². The summed E-state index contributed by atoms with van der Waals surface area (Å²) in [7, 11) is 0. The van der Waals surface area contributed by atoms with Gasteiger partial charge in [-0.3, -0.25) is 9.59 Å². The summed E-state index contributed by atoms with van der Waals surface area (Å²) in [6.45, 7) is 4.65. The molecule has 2 amide bonds. The molecule has 1 saturated heterocycles. The molecule has 0 bridgehead atoms. The van der Waals surface area contributed by atoms with Crippen molar-refractivity contribution in [2.45, 2.75) is 26.7 Å². The fourth-order valence-electron chi connectivity index (χ4n) is 3.84. The molecule has 8 heteroatoms. The third-order valence-corrected chi connectivity index (χ3v) is 5.57. The van der Waals surface area contributed by atoms with Gasteiger partial charge in [0.2, 0.25) is 11.8 Å². The lowest BCUT2D eigenvalue weighted by atomic mass is 9.96. The second-order valence-corrected chi connectivity index (χ2v) is 7.51. The van der Waals surface area contributed by atoms with E-state index in [1.54, 1.807) is 4.90 Å². The summed E-state index contributed by atoms with van der Waals surface area (Å²) in [5, 5.41) is 17.7. The number of likely N-dealkylation sites (tertiary alicyclic amines) is 1. The van der Waals surface area contributed by atoms with Crippen molar-refractivity contribution in [2.24, 2.45) is 5.92 Å². The Morgan fingerprint density at radius 2 is 1.97 bits per heavy atom. The number of benzene rings is 1. The van der Waals surface area contributed by atoms with Gasteiger partial charge in [-0.25, -0.2) is 4.98 Å². The fourth-order valence-corrected chi connectivity index (χ4v) is 3.84. The predicted octanol–water partition coefficient (Wildman–Crippen LogP) is 2.80. The average molecular weight is 402 g/mol. The van der Waals surface area contributed by atoms with Crippen LogP contribution in [0.15, 0.2) is 36.5 Å². The zero-order valence-corrected chi connectivity index (χ0v) is 16.9. The summed E-state index contributed by atoms with van der Waals surface area (Å²) >= 11 is 0. The first-order valence-electron chi connectivity index (χ1n) is 9.89. The molecule has 0 saturated carbocycles. The van der Waals surface area contributed by atoms with Gasteiger partial charge in [0.25, 0.3) is 0 Å². The van der Waals surface area contributed by atoms with E-state index in [0.717, 1.165) is 16.5 Å². The van der Waals surface area contributed by atoms with Crippen LogP contribution in [0.25, 0.3) is 16.7 Å². The topological polar surface area (TPSA) is 104 Å². The van der Waals surface area contributed by atoms with E-state index in [1.807, 2.05) is 37.3 Å². The maximum absolute atomic E-state index is 12.9. The molecule has 1 aliphatic rings. The lowest BCUT2D eigenvalue weighted by molar-refractivity contribution is -0.132. The second kappa shape index (κ2) is 7.95. The van der Waals surface area contributed by atoms with Crippen molar-refractivity contribution in [1.82, 2.24) is 19.7 Å². The number of aryl methyl sites for hydroxylation is 1. The molecular weight excluding hydrogens is 380 g/mol. The van der Waals surface area contributed by atoms with Gasteiger partial charge >= 0.3 is 0 Å². The third-order valence-electron chi connectivity index (χ3n) is 5.57. The number of pyridine rings is 1. The van der Waals surface area contributed by atoms with Gasteiger partial charge in [-0.15, -0.1) is 0 Å². The number of nitrogens with zero attached hydrogens (tertiary/aromatic N) is 5. The molecule has 152 valence electrons. The standard InChI is InChI=1S/C22H22N6O2/c1-14-11-20(25-19-6-4-3-5-18(14)19)28-21(17(12-23)13-24-28)26-22(30)16-7-9-27(10-8-16)15(2)29/h3-6,11,13,16H,7-10H2,1-2H3,(H,26,30). The lowest BCUT2D eigenvalue weighted by Gasteiger charge is -2.30. The minimum Gasteiger partial charge on any atom is -0.343 e. The first-order valence-corrected chi connectivity index (χ1v) is 9.89. The van der Waals surface area contributed by atoms with Gasteiger partial charge < -0.3 is 10.2 Å². The van der Waals surface area contributed by atoms with E-state index in [1.165, 1.54) is 17.8 Å². The van der Waals surface area contributed by atoms with E-state index in [0.29, 0.717) is 37.6 Å². The van der Waals surface area contributed by atoms with Gasteiger partial charge in [-0.05, 0) is 37.5 Å². The number of hydrogen-bond donors (Lipinski definition) is 1. The van der Waals surface area contributed by atoms with Gasteiger partial charge in [-0.2, -0.15) is 15.0 Å². The van der Waals surface area contributed by atoms with Crippen molar-refractivity contribution < 1.29 is 9.59 Å². The number of nitriles is 1. The largest absolute Gasteiger partial charge is 0.343 e. The molecule has 1 aliphatic heterocycles. The van der Waals surface area contributed by atoms with Crippen LogP contribution < -0.4 is 5.32 Å². The van der Waals surface area contributed by atoms with Gasteiger partial charge in [0.1, 0.15) is 11.6 Å². The van der Waals surface area contributed by atoms with Crippen molar-refractivity contribution in [2.75, 3.05) is 18.4 Å². The summed E-state index contributed by atoms with van der Waals surface area (Å²) in [6.07, 6.45) is 2.61. The maximum Gasteiger partial charge on any atom is 0.228 e. The normalized spacial score (nSPS) is 14.5. The molecule has 0 radical (unpaired) electrons. The number of carbonyl (C=O) groups excluding carboxylic acids is 2. The number of anilines is 1. The quantitative estimate of drug-likeness (QED) is 0.725. The highest BCUT2D eigenvalue weighted by Gasteiger charge is 2.27. The zero-order valence-electron chi connectivity index (χ0n) is 16.9. The van der Waals surface area contributed by atoms with Crippen LogP contribution in [0.2, 0.25) is 0 Å². The van der Waals surface area contributed by atoms with Crippen molar-refractivity contribution in [3.05, 3.63) is 47.7 Å². The lowest BCUT2D eigenvalue weighted by Crippen LogP contribution is -2.40. The monoisotopic (exact) mass is 402 g/mol. The SMILES string of the molecule is CC(=O)N1CCC(C(=O)Nc2c(C#N)cnn2-c2cc(C)c3ccccc3n2)CC1. The molecule has 4 rings (SSSR count). The van der Waals surface area contributed by atoms with Crippen LogP contribution in [0.5, 0.6) is 0 Å². The fraction of sp³-hybridized carbons (Fsp3) is 0.318. The Morgan fingerprint density at radius 3 is 2.67 bits per heavy atom. The Balaban J connectivity index is 1.63. The Labute approximate surface area is 174 Å². The van der Waals surface area contributed by atoms with E-state index >= 15 is 0 Å². The van der Waals surface area contributed by atoms with Crippen LogP contribution in [0.3, 0.4) is 0 Å². The highest BCUT2D eigenvalue weighted by molar-refractivity contribution is 5.93. The first kappa shape index (κ1) is 19.6. The highest BCUT2D eigenvalue weighted by Crippen LogP contribution is 2.25. The van der Waals surface area contributed by atoms with E-state index in [9.17, 15) is 14.9 Å². The highest BCUT2D eigenvalue weighted by atomic mass is 16.2. The van der Waals surface area contributed by atoms with Crippen molar-refractivity contribution in [1.29, 1.82) is 5.26 Å². The number of fused-ring (bicyclic) bond motifs is 1. The van der Waals surface area contributed by atoms with Crippen molar-refractivity contribution in [3.8, 4) is 11.9 Å². The van der Waals surface area contributed by atoms with Gasteiger partial charge in [0.05, 0.1) is 11.7 Å². The van der Waals surface area contributed by atoms with Crippen LogP contribution in [0.4, 0.5) is 5.82 Å². The Morgan fingerprint density at radius 1 is 1.23 bits per heavy atom. The van der Waals surface area contributed by atoms with E-state index in [2.05, 4.69) is 21.5 Å². The second-order valence-electron chi connectivity index (χ2n) is 7.51. The van der Waals surface area contributed by atoms with Crippen LogP contribution in [-0.2, 0) is 9.59 Å². The molecule has 0 spiro atoms. The molecule has 0 aliphatic carbocycles. The first-order chi connectivity index (χ1) is 14.5. The molecule has 2 aromatic heterocycles. The van der Waals surface area contributed by atoms with E-state index in [-0.39, 0.29) is 23.3 Å². The maximum atomic E-state index is 12.9. The zero-order chi connectivity index (χ0) is 21.3. The molecule has 1 N–H and O–H groups in total.